The maximum absolute atomic E-state index is 12.9. The number of thiazole rings is 1. The molecule has 6 nitrogen and oxygen atoms in total. The van der Waals surface area contributed by atoms with Crippen molar-refractivity contribution in [1.29, 1.82) is 0 Å². The topological polar surface area (TPSA) is 79.8 Å². The molecular formula is C21H12Cl2F3N5OS. The normalized spacial score (nSPS) is 11.3. The lowest BCUT2D eigenvalue weighted by Gasteiger charge is -2.11. The molecule has 0 aliphatic carbocycles. The zero-order valence-corrected chi connectivity index (χ0v) is 18.6. The van der Waals surface area contributed by atoms with Gasteiger partial charge in [0, 0.05) is 28.4 Å². The van der Waals surface area contributed by atoms with Crippen molar-refractivity contribution in [3.05, 3.63) is 81.5 Å². The van der Waals surface area contributed by atoms with Crippen LogP contribution in [0.1, 0.15) is 15.9 Å². The molecule has 2 aromatic carbocycles. The predicted octanol–water partition coefficient (Wildman–Crippen LogP) is 6.92. The van der Waals surface area contributed by atoms with E-state index < -0.39 is 17.6 Å². The summed E-state index contributed by atoms with van der Waals surface area (Å²) >= 11 is 13.2. The van der Waals surface area contributed by atoms with E-state index >= 15 is 0 Å². The fourth-order valence-corrected chi connectivity index (χ4v) is 4.19. The molecule has 0 saturated heterocycles. The second-order valence-electron chi connectivity index (χ2n) is 6.60. The van der Waals surface area contributed by atoms with Gasteiger partial charge in [0.15, 0.2) is 5.13 Å². The van der Waals surface area contributed by atoms with Crippen molar-refractivity contribution in [2.45, 2.75) is 6.18 Å². The van der Waals surface area contributed by atoms with Crippen LogP contribution in [-0.2, 0) is 6.18 Å². The first kappa shape index (κ1) is 23.0. The molecule has 4 aromatic rings. The molecule has 0 saturated carbocycles. The van der Waals surface area contributed by atoms with E-state index in [-0.39, 0.29) is 26.4 Å². The van der Waals surface area contributed by atoms with Gasteiger partial charge in [-0.05, 0) is 42.5 Å². The van der Waals surface area contributed by atoms with Gasteiger partial charge in [-0.3, -0.25) is 10.1 Å². The molecule has 2 heterocycles. The van der Waals surface area contributed by atoms with Crippen LogP contribution in [0.5, 0.6) is 0 Å². The van der Waals surface area contributed by atoms with Gasteiger partial charge in [-0.15, -0.1) is 11.3 Å². The Morgan fingerprint density at radius 3 is 2.33 bits per heavy atom. The highest BCUT2D eigenvalue weighted by molar-refractivity contribution is 7.14. The summed E-state index contributed by atoms with van der Waals surface area (Å²) in [6, 6.07) is 9.96. The Balaban J connectivity index is 1.47. The lowest BCUT2D eigenvalue weighted by molar-refractivity contribution is -0.137. The van der Waals surface area contributed by atoms with Crippen molar-refractivity contribution < 1.29 is 18.0 Å². The number of amides is 1. The van der Waals surface area contributed by atoms with E-state index in [2.05, 4.69) is 25.6 Å². The van der Waals surface area contributed by atoms with Crippen LogP contribution in [0.3, 0.4) is 0 Å². The highest BCUT2D eigenvalue weighted by Gasteiger charge is 2.32. The third-order valence-corrected chi connectivity index (χ3v) is 5.71. The number of aromatic nitrogens is 3. The van der Waals surface area contributed by atoms with Crippen molar-refractivity contribution in [1.82, 2.24) is 15.0 Å². The molecule has 0 aliphatic heterocycles. The first-order chi connectivity index (χ1) is 15.7. The average Bonchev–Trinajstić information content (AvgIpc) is 3.21. The van der Waals surface area contributed by atoms with E-state index in [0.29, 0.717) is 11.4 Å². The summed E-state index contributed by atoms with van der Waals surface area (Å²) in [6.45, 7) is 0. The molecule has 0 unspecified atom stereocenters. The van der Waals surface area contributed by atoms with E-state index in [1.165, 1.54) is 6.33 Å². The van der Waals surface area contributed by atoms with Gasteiger partial charge in [0.1, 0.15) is 12.1 Å². The summed E-state index contributed by atoms with van der Waals surface area (Å²) in [5.41, 5.74) is 0.563. The lowest BCUT2D eigenvalue weighted by Crippen LogP contribution is -2.11. The summed E-state index contributed by atoms with van der Waals surface area (Å²) in [4.78, 5) is 24.7. The number of alkyl halides is 3. The minimum atomic E-state index is -4.58. The van der Waals surface area contributed by atoms with Gasteiger partial charge in [0.05, 0.1) is 21.3 Å². The summed E-state index contributed by atoms with van der Waals surface area (Å²) in [6.07, 6.45) is -1.56. The number of nitrogens with zero attached hydrogens (tertiary/aromatic N) is 3. The Morgan fingerprint density at radius 1 is 1.03 bits per heavy atom. The zero-order chi connectivity index (χ0) is 23.6. The molecule has 0 atom stereocenters. The summed E-state index contributed by atoms with van der Waals surface area (Å²) in [5.74, 6) is 0.201. The van der Waals surface area contributed by atoms with E-state index in [0.717, 1.165) is 29.2 Å². The number of hydrogen-bond acceptors (Lipinski definition) is 6. The highest BCUT2D eigenvalue weighted by atomic mass is 35.5. The van der Waals surface area contributed by atoms with Crippen molar-refractivity contribution >= 4 is 57.1 Å². The smallest absolute Gasteiger partial charge is 0.340 e. The van der Waals surface area contributed by atoms with Gasteiger partial charge >= 0.3 is 6.18 Å². The first-order valence-corrected chi connectivity index (χ1v) is 10.8. The molecule has 2 aromatic heterocycles. The zero-order valence-electron chi connectivity index (χ0n) is 16.3. The van der Waals surface area contributed by atoms with Crippen molar-refractivity contribution in [2.24, 2.45) is 0 Å². The van der Waals surface area contributed by atoms with E-state index in [9.17, 15) is 18.0 Å². The number of carbonyl (C=O) groups is 1. The fourth-order valence-electron chi connectivity index (χ4n) is 2.81. The van der Waals surface area contributed by atoms with Crippen molar-refractivity contribution in [2.75, 3.05) is 10.6 Å². The van der Waals surface area contributed by atoms with E-state index in [1.54, 1.807) is 41.9 Å². The van der Waals surface area contributed by atoms with Crippen LogP contribution in [-0.4, -0.2) is 20.9 Å². The molecule has 0 radical (unpaired) electrons. The second kappa shape index (κ2) is 9.34. The van der Waals surface area contributed by atoms with Crippen LogP contribution in [0.25, 0.3) is 11.3 Å². The molecule has 33 heavy (non-hydrogen) atoms. The molecule has 2 N–H and O–H groups in total. The highest BCUT2D eigenvalue weighted by Crippen LogP contribution is 2.41. The van der Waals surface area contributed by atoms with Gasteiger partial charge in [-0.1, -0.05) is 23.2 Å². The average molecular weight is 510 g/mol. The van der Waals surface area contributed by atoms with E-state index in [4.69, 9.17) is 23.2 Å². The fraction of sp³-hybridized carbons (Fsp3) is 0.0476. The predicted molar refractivity (Wildman–Crippen MR) is 122 cm³/mol. The summed E-state index contributed by atoms with van der Waals surface area (Å²) < 4.78 is 38.8. The van der Waals surface area contributed by atoms with Gasteiger partial charge < -0.3 is 5.32 Å². The lowest BCUT2D eigenvalue weighted by atomic mass is 10.1. The van der Waals surface area contributed by atoms with Crippen LogP contribution in [0, 0.1) is 0 Å². The molecule has 0 bridgehead atoms. The van der Waals surface area contributed by atoms with Crippen LogP contribution in [0.2, 0.25) is 10.0 Å². The Bertz CT molecular complexity index is 1270. The van der Waals surface area contributed by atoms with Gasteiger partial charge in [0.25, 0.3) is 5.91 Å². The van der Waals surface area contributed by atoms with E-state index in [1.807, 2.05) is 0 Å². The molecule has 1 amide bonds. The number of benzene rings is 2. The minimum Gasteiger partial charge on any atom is -0.340 e. The standard InChI is InChI=1S/C21H12Cl2F3N5OS/c22-14-7-12(21(24,25)26)8-15(23)18(14)16-9-33-20(30-16)31-19(32)11-1-3-13(4-2-11)29-17-5-6-27-10-28-17/h1-10H,(H,27,28,29)(H,30,31,32). The molecular weight excluding hydrogens is 498 g/mol. The quantitative estimate of drug-likeness (QED) is 0.305. The summed E-state index contributed by atoms with van der Waals surface area (Å²) in [5, 5.41) is 7.14. The van der Waals surface area contributed by atoms with Crippen molar-refractivity contribution in [3.63, 3.8) is 0 Å². The molecule has 4 rings (SSSR count). The van der Waals surface area contributed by atoms with Crippen LogP contribution in [0.4, 0.5) is 29.8 Å². The van der Waals surface area contributed by atoms with Gasteiger partial charge in [0.2, 0.25) is 0 Å². The molecule has 0 aliphatic rings. The third-order valence-electron chi connectivity index (χ3n) is 4.35. The number of halogens is 5. The third kappa shape index (κ3) is 5.41. The van der Waals surface area contributed by atoms with Crippen LogP contribution >= 0.6 is 34.5 Å². The minimum absolute atomic E-state index is 0.156. The SMILES string of the molecule is O=C(Nc1nc(-c2c(Cl)cc(C(F)(F)F)cc2Cl)cs1)c1ccc(Nc2ccncn2)cc1. The van der Waals surface area contributed by atoms with Crippen molar-refractivity contribution in [3.8, 4) is 11.3 Å². The number of anilines is 3. The first-order valence-electron chi connectivity index (χ1n) is 9.17. The van der Waals surface area contributed by atoms with Crippen LogP contribution < -0.4 is 10.6 Å². The van der Waals surface area contributed by atoms with Gasteiger partial charge in [-0.25, -0.2) is 15.0 Å². The monoisotopic (exact) mass is 509 g/mol. The molecule has 12 heteroatoms. The number of carbonyl (C=O) groups excluding carboxylic acids is 1. The molecule has 168 valence electrons. The molecule has 0 fully saturated rings. The Kier molecular flexibility index (Phi) is 6.50. The molecule has 0 spiro atoms. The maximum atomic E-state index is 12.9. The second-order valence-corrected chi connectivity index (χ2v) is 8.27. The number of rotatable bonds is 5. The number of hydrogen-bond donors (Lipinski definition) is 2. The Morgan fingerprint density at radius 2 is 1.73 bits per heavy atom. The summed E-state index contributed by atoms with van der Waals surface area (Å²) in [7, 11) is 0. The largest absolute Gasteiger partial charge is 0.416 e. The Hall–Kier alpha value is -3.21. The maximum Gasteiger partial charge on any atom is 0.416 e. The number of nitrogens with one attached hydrogen (secondary N) is 2. The van der Waals surface area contributed by atoms with Gasteiger partial charge in [-0.2, -0.15) is 13.2 Å². The Labute approximate surface area is 199 Å². The van der Waals surface area contributed by atoms with Crippen LogP contribution in [0.15, 0.2) is 60.4 Å².